The summed E-state index contributed by atoms with van der Waals surface area (Å²) in [7, 11) is 0. The minimum Gasteiger partial charge on any atom is -0.331 e. The largest absolute Gasteiger partial charge is 0.331 e. The molecule has 0 fully saturated rings. The summed E-state index contributed by atoms with van der Waals surface area (Å²) < 4.78 is 55.9. The number of amides is 1. The Morgan fingerprint density at radius 3 is 2.66 bits per heavy atom. The number of hydrogen-bond donors (Lipinski definition) is 2. The number of carbonyl (C=O) groups is 1. The van der Waals surface area contributed by atoms with Gasteiger partial charge in [-0.15, -0.1) is 0 Å². The zero-order valence-corrected chi connectivity index (χ0v) is 15.1. The minimum atomic E-state index is -1.53. The highest BCUT2D eigenvalue weighted by atomic mass is 19.2. The predicted molar refractivity (Wildman–Crippen MR) is 97.4 cm³/mol. The molecule has 5 nitrogen and oxygen atoms in total. The van der Waals surface area contributed by atoms with Crippen molar-refractivity contribution in [3.8, 4) is 0 Å². The highest BCUT2D eigenvalue weighted by Gasteiger charge is 2.20. The molecule has 9 heteroatoms. The van der Waals surface area contributed by atoms with Gasteiger partial charge in [0.2, 0.25) is 0 Å². The van der Waals surface area contributed by atoms with Gasteiger partial charge >= 0.3 is 0 Å². The summed E-state index contributed by atoms with van der Waals surface area (Å²) in [6.07, 6.45) is 3.27. The molecule has 1 aliphatic heterocycles. The van der Waals surface area contributed by atoms with Crippen molar-refractivity contribution in [3.05, 3.63) is 82.3 Å². The van der Waals surface area contributed by atoms with Crippen molar-refractivity contribution in [3.63, 3.8) is 0 Å². The van der Waals surface area contributed by atoms with Crippen LogP contribution in [0.5, 0.6) is 0 Å². The standard InChI is InChI=1S/C20H16F4N4O/c21-15-5-11(6-16(22)19(15)24)8-28-9-17(26-10-28)27-20(29)14-2-1-12-7-25-4-3-13(12)18(14)23/h1-2,5-6,9-10,25H,3-4,7-8H2,(H,27,29). The molecule has 2 aromatic carbocycles. The average molecular weight is 404 g/mol. The van der Waals surface area contributed by atoms with Crippen molar-refractivity contribution in [2.75, 3.05) is 11.9 Å². The van der Waals surface area contributed by atoms with Crippen LogP contribution in [0.4, 0.5) is 23.4 Å². The molecule has 1 amide bonds. The summed E-state index contributed by atoms with van der Waals surface area (Å²) in [6.45, 7) is 1.21. The van der Waals surface area contributed by atoms with Gasteiger partial charge in [0.05, 0.1) is 11.9 Å². The SMILES string of the molecule is O=C(Nc1cn(Cc2cc(F)c(F)c(F)c2)cn1)c1ccc2c(c1F)CCNC2. The third kappa shape index (κ3) is 3.86. The number of carbonyl (C=O) groups excluding carboxylic acids is 1. The summed E-state index contributed by atoms with van der Waals surface area (Å²) >= 11 is 0. The van der Waals surface area contributed by atoms with Crippen LogP contribution in [0.1, 0.15) is 27.0 Å². The zero-order chi connectivity index (χ0) is 20.5. The van der Waals surface area contributed by atoms with E-state index in [1.807, 2.05) is 0 Å². The lowest BCUT2D eigenvalue weighted by Crippen LogP contribution is -2.26. The van der Waals surface area contributed by atoms with Crippen molar-refractivity contribution < 1.29 is 22.4 Å². The van der Waals surface area contributed by atoms with Gasteiger partial charge in [-0.05, 0) is 47.9 Å². The van der Waals surface area contributed by atoms with E-state index < -0.39 is 29.2 Å². The molecule has 0 aliphatic carbocycles. The fourth-order valence-electron chi connectivity index (χ4n) is 3.31. The van der Waals surface area contributed by atoms with Crippen LogP contribution in [0.25, 0.3) is 0 Å². The number of aromatic nitrogens is 2. The van der Waals surface area contributed by atoms with Crippen molar-refractivity contribution in [1.82, 2.24) is 14.9 Å². The van der Waals surface area contributed by atoms with E-state index in [4.69, 9.17) is 0 Å². The van der Waals surface area contributed by atoms with Crippen molar-refractivity contribution >= 4 is 11.7 Å². The van der Waals surface area contributed by atoms with Gasteiger partial charge in [-0.25, -0.2) is 22.5 Å². The number of nitrogens with zero attached hydrogens (tertiary/aromatic N) is 2. The molecule has 0 bridgehead atoms. The van der Waals surface area contributed by atoms with Gasteiger partial charge in [0.25, 0.3) is 5.91 Å². The maximum atomic E-state index is 14.7. The molecule has 1 aliphatic rings. The highest BCUT2D eigenvalue weighted by Crippen LogP contribution is 2.22. The molecule has 0 saturated carbocycles. The summed E-state index contributed by atoms with van der Waals surface area (Å²) in [5.41, 5.74) is 1.46. The number of hydrogen-bond acceptors (Lipinski definition) is 3. The molecule has 4 rings (SSSR count). The van der Waals surface area contributed by atoms with E-state index >= 15 is 0 Å². The third-order valence-corrected chi connectivity index (χ3v) is 4.74. The average Bonchev–Trinajstić information content (AvgIpc) is 3.13. The molecule has 0 saturated heterocycles. The van der Waals surface area contributed by atoms with Crippen LogP contribution in [0, 0.1) is 23.3 Å². The highest BCUT2D eigenvalue weighted by molar-refractivity contribution is 6.04. The molecule has 29 heavy (non-hydrogen) atoms. The smallest absolute Gasteiger partial charge is 0.259 e. The van der Waals surface area contributed by atoms with Crippen molar-refractivity contribution in [2.45, 2.75) is 19.5 Å². The molecule has 1 aromatic heterocycles. The van der Waals surface area contributed by atoms with Crippen LogP contribution in [-0.4, -0.2) is 22.0 Å². The molecule has 0 spiro atoms. The van der Waals surface area contributed by atoms with Crippen LogP contribution in [0.3, 0.4) is 0 Å². The van der Waals surface area contributed by atoms with Gasteiger partial charge in [-0.1, -0.05) is 6.07 Å². The zero-order valence-electron chi connectivity index (χ0n) is 15.1. The van der Waals surface area contributed by atoms with Crippen LogP contribution in [-0.2, 0) is 19.5 Å². The Morgan fingerprint density at radius 1 is 1.14 bits per heavy atom. The molecule has 0 radical (unpaired) electrons. The topological polar surface area (TPSA) is 59.0 Å². The van der Waals surface area contributed by atoms with Crippen molar-refractivity contribution in [2.24, 2.45) is 0 Å². The van der Waals surface area contributed by atoms with E-state index in [9.17, 15) is 22.4 Å². The Kier molecular flexibility index (Phi) is 5.06. The normalized spacial score (nSPS) is 13.2. The first kappa shape index (κ1) is 19.1. The van der Waals surface area contributed by atoms with E-state index in [2.05, 4.69) is 15.6 Å². The van der Waals surface area contributed by atoms with Crippen LogP contribution in [0.15, 0.2) is 36.8 Å². The Balaban J connectivity index is 1.49. The number of halogens is 4. The molecular weight excluding hydrogens is 388 g/mol. The Labute approximate surface area is 163 Å². The number of rotatable bonds is 4. The second kappa shape index (κ2) is 7.67. The lowest BCUT2D eigenvalue weighted by atomic mass is 9.97. The number of benzene rings is 2. The Hall–Kier alpha value is -3.20. The van der Waals surface area contributed by atoms with E-state index in [0.29, 0.717) is 25.1 Å². The monoisotopic (exact) mass is 404 g/mol. The second-order valence-electron chi connectivity index (χ2n) is 6.75. The molecule has 150 valence electrons. The summed E-state index contributed by atoms with van der Waals surface area (Å²) in [6, 6.07) is 4.91. The lowest BCUT2D eigenvalue weighted by Gasteiger charge is -2.18. The van der Waals surface area contributed by atoms with E-state index in [1.165, 1.54) is 23.2 Å². The first-order chi connectivity index (χ1) is 13.9. The third-order valence-electron chi connectivity index (χ3n) is 4.74. The summed E-state index contributed by atoms with van der Waals surface area (Å²) in [4.78, 5) is 16.5. The van der Waals surface area contributed by atoms with Crippen LogP contribution in [0.2, 0.25) is 0 Å². The lowest BCUT2D eigenvalue weighted by molar-refractivity contribution is 0.102. The molecular formula is C20H16F4N4O. The molecule has 2 heterocycles. The molecule has 3 aromatic rings. The molecule has 0 atom stereocenters. The van der Waals surface area contributed by atoms with Gasteiger partial charge < -0.3 is 15.2 Å². The van der Waals surface area contributed by atoms with E-state index in [0.717, 1.165) is 17.7 Å². The van der Waals surface area contributed by atoms with Gasteiger partial charge in [-0.3, -0.25) is 4.79 Å². The van der Waals surface area contributed by atoms with Crippen LogP contribution < -0.4 is 10.6 Å². The maximum Gasteiger partial charge on any atom is 0.259 e. The fraction of sp³-hybridized carbons (Fsp3) is 0.200. The first-order valence-corrected chi connectivity index (χ1v) is 8.90. The first-order valence-electron chi connectivity index (χ1n) is 8.90. The summed E-state index contributed by atoms with van der Waals surface area (Å²) in [5, 5.41) is 5.65. The van der Waals surface area contributed by atoms with E-state index in [1.54, 1.807) is 6.07 Å². The minimum absolute atomic E-state index is 0.0111. The molecule has 2 N–H and O–H groups in total. The second-order valence-corrected chi connectivity index (χ2v) is 6.75. The quantitative estimate of drug-likeness (QED) is 0.518. The number of imidazole rings is 1. The Bertz CT molecular complexity index is 1070. The number of nitrogens with one attached hydrogen (secondary N) is 2. The number of fused-ring (bicyclic) bond motifs is 1. The maximum absolute atomic E-state index is 14.7. The van der Waals surface area contributed by atoms with E-state index in [-0.39, 0.29) is 23.5 Å². The fourth-order valence-corrected chi connectivity index (χ4v) is 3.31. The van der Waals surface area contributed by atoms with Gasteiger partial charge in [0.15, 0.2) is 23.3 Å². The Morgan fingerprint density at radius 2 is 1.90 bits per heavy atom. The van der Waals surface area contributed by atoms with Gasteiger partial charge in [0, 0.05) is 19.3 Å². The summed E-state index contributed by atoms with van der Waals surface area (Å²) in [5.74, 6) is -5.14. The van der Waals surface area contributed by atoms with Gasteiger partial charge in [0.1, 0.15) is 5.82 Å². The van der Waals surface area contributed by atoms with Gasteiger partial charge in [-0.2, -0.15) is 0 Å². The molecule has 0 unspecified atom stereocenters. The van der Waals surface area contributed by atoms with Crippen LogP contribution >= 0.6 is 0 Å². The number of anilines is 1. The van der Waals surface area contributed by atoms with Crippen molar-refractivity contribution in [1.29, 1.82) is 0 Å². The predicted octanol–water partition coefficient (Wildman–Crippen LogP) is 3.39.